The van der Waals surface area contributed by atoms with Gasteiger partial charge >= 0.3 is 0 Å². The van der Waals surface area contributed by atoms with Crippen molar-refractivity contribution in [2.45, 2.75) is 31.4 Å². The third-order valence-corrected chi connectivity index (χ3v) is 6.27. The number of benzene rings is 3. The average molecular weight is 619 g/mol. The molecule has 0 amide bonds. The summed E-state index contributed by atoms with van der Waals surface area (Å²) in [6.45, 7) is 3.69. The topological polar surface area (TPSA) is 63.9 Å². The number of rotatable bonds is 3. The molecule has 2 atom stereocenters. The van der Waals surface area contributed by atoms with Crippen molar-refractivity contribution in [2.75, 3.05) is 0 Å². The van der Waals surface area contributed by atoms with E-state index < -0.39 is 17.5 Å². The van der Waals surface area contributed by atoms with Crippen molar-refractivity contribution < 1.29 is 38.4 Å². The van der Waals surface area contributed by atoms with Crippen LogP contribution in [0.4, 0.5) is 0 Å². The van der Waals surface area contributed by atoms with Crippen LogP contribution in [0.1, 0.15) is 33.3 Å². The second-order valence-corrected chi connectivity index (χ2v) is 8.32. The van der Waals surface area contributed by atoms with E-state index in [2.05, 4.69) is 11.1 Å². The molecule has 1 N–H and O–H groups in total. The molecule has 33 heavy (non-hydrogen) atoms. The number of para-hydroxylation sites is 1. The third-order valence-electron chi connectivity index (χ3n) is 6.27. The maximum absolute atomic E-state index is 10.1. The van der Waals surface area contributed by atoms with Crippen molar-refractivity contribution in [1.82, 2.24) is 4.98 Å². The molecule has 0 bridgehead atoms. The number of aromatic nitrogens is 1. The van der Waals surface area contributed by atoms with E-state index >= 15 is 0 Å². The van der Waals surface area contributed by atoms with Crippen LogP contribution in [-0.2, 0) is 37.7 Å². The van der Waals surface area contributed by atoms with Crippen LogP contribution < -0.4 is 4.74 Å². The molecule has 1 aliphatic carbocycles. The summed E-state index contributed by atoms with van der Waals surface area (Å²) in [4.78, 5) is 9.29. The molecule has 0 saturated heterocycles. The number of aromatic hydroxyl groups is 1. The first-order chi connectivity index (χ1) is 16.2. The largest absolute Gasteiger partial charge is 0.511 e. The fourth-order valence-electron chi connectivity index (χ4n) is 4.39. The molecule has 2 aliphatic rings. The van der Waals surface area contributed by atoms with Crippen molar-refractivity contribution in [2.24, 2.45) is 4.99 Å². The van der Waals surface area contributed by atoms with Crippen LogP contribution in [0.5, 0.6) is 17.4 Å². The number of fused-ring (bicyclic) bond motifs is 4. The van der Waals surface area contributed by atoms with E-state index in [-0.39, 0.29) is 26.8 Å². The Morgan fingerprint density at radius 2 is 1.85 bits per heavy atom. The number of hydrogen-bond donors (Lipinski definition) is 1. The minimum atomic E-state index is -1.73. The van der Waals surface area contributed by atoms with Crippen LogP contribution in [0, 0.1) is 6.07 Å². The van der Waals surface area contributed by atoms with Gasteiger partial charge < -0.3 is 14.6 Å². The normalized spacial score (nSPS) is 25.1. The van der Waals surface area contributed by atoms with E-state index in [0.717, 1.165) is 10.9 Å². The molecule has 0 radical (unpaired) electrons. The Balaban J connectivity index is 0.00000253. The van der Waals surface area contributed by atoms with Gasteiger partial charge in [-0.25, -0.2) is 4.98 Å². The Morgan fingerprint density at radius 1 is 1.03 bits per heavy atom. The number of ether oxygens (including phenoxy) is 2. The molecule has 4 aromatic rings. The maximum Gasteiger partial charge on any atom is 0.217 e. The molecule has 1 aromatic heterocycles. The van der Waals surface area contributed by atoms with Gasteiger partial charge in [-0.15, -0.1) is 18.2 Å². The third kappa shape index (κ3) is 3.34. The Hall–Kier alpha value is -3.17. The Kier molecular flexibility index (Phi) is 4.51. The molecule has 1 aliphatic heterocycles. The molecule has 0 spiro atoms. The molecule has 6 rings (SSSR count). The molecule has 6 heteroatoms. The predicted molar refractivity (Wildman–Crippen MR) is 122 cm³/mol. The molecular formula is C27H21N2O3Pt-. The molecule has 5 nitrogen and oxygen atoms in total. The zero-order valence-corrected chi connectivity index (χ0v) is 20.2. The van der Waals surface area contributed by atoms with Gasteiger partial charge in [0.1, 0.15) is 28.3 Å². The van der Waals surface area contributed by atoms with Gasteiger partial charge in [0, 0.05) is 47.4 Å². The summed E-state index contributed by atoms with van der Waals surface area (Å²) in [7, 11) is 0. The maximum atomic E-state index is 10.1. The molecule has 0 fully saturated rings. The summed E-state index contributed by atoms with van der Waals surface area (Å²) in [5.74, 6) is 1.12. The summed E-state index contributed by atoms with van der Waals surface area (Å²) >= 11 is 0. The monoisotopic (exact) mass is 618 g/mol. The molecule has 168 valence electrons. The first-order valence-electron chi connectivity index (χ1n) is 11.4. The average Bonchev–Trinajstić information content (AvgIpc) is 3.18. The number of nitrogens with zero attached hydrogens (tertiary/aromatic N) is 2. The summed E-state index contributed by atoms with van der Waals surface area (Å²) in [6.07, 6.45) is -1.73. The van der Waals surface area contributed by atoms with Gasteiger partial charge in [-0.3, -0.25) is 4.99 Å². The second kappa shape index (κ2) is 7.70. The van der Waals surface area contributed by atoms with E-state index in [1.807, 2.05) is 37.3 Å². The smallest absolute Gasteiger partial charge is 0.217 e. The zero-order valence-electron chi connectivity index (χ0n) is 19.9. The standard InChI is InChI=1S/C27H21N2O3.Pt/c1-26-16-19-7-3-4-11-21(19)27(26,2)29-25(32-26)18-9-5-10-20(15-18)31-23-14-13-17-8-6-12-22(30)24(17)28-23;/h3-14,30H,16H2,1-2H3;/q-1;/t26-,27+;/m1./s1/i16D2;. The van der Waals surface area contributed by atoms with Crippen LogP contribution in [0.3, 0.4) is 0 Å². The van der Waals surface area contributed by atoms with Crippen LogP contribution in [0.25, 0.3) is 10.9 Å². The van der Waals surface area contributed by atoms with Crippen LogP contribution in [0.15, 0.2) is 77.8 Å². The first kappa shape index (κ1) is 19.3. The second-order valence-electron chi connectivity index (χ2n) is 8.32. The van der Waals surface area contributed by atoms with E-state index in [0.29, 0.717) is 34.2 Å². The minimum Gasteiger partial charge on any atom is -0.511 e. The molecule has 2 heterocycles. The fraction of sp³-hybridized carbons (Fsp3) is 0.185. The fourth-order valence-corrected chi connectivity index (χ4v) is 4.39. The number of pyridine rings is 1. The Bertz CT molecular complexity index is 1510. The van der Waals surface area contributed by atoms with Crippen molar-refractivity contribution in [3.05, 3.63) is 95.6 Å². The molecule has 0 unspecified atom stereocenters. The van der Waals surface area contributed by atoms with Gasteiger partial charge in [-0.05, 0) is 37.1 Å². The van der Waals surface area contributed by atoms with Crippen molar-refractivity contribution >= 4 is 16.8 Å². The molecular weight excluding hydrogens is 595 g/mol. The first-order valence-corrected chi connectivity index (χ1v) is 10.4. The van der Waals surface area contributed by atoms with Crippen molar-refractivity contribution in [3.63, 3.8) is 0 Å². The molecule has 3 aromatic carbocycles. The Labute approximate surface area is 209 Å². The van der Waals surface area contributed by atoms with E-state index in [1.54, 1.807) is 49.4 Å². The van der Waals surface area contributed by atoms with E-state index in [9.17, 15) is 5.11 Å². The Morgan fingerprint density at radius 3 is 2.73 bits per heavy atom. The molecule has 0 saturated carbocycles. The number of aliphatic imine (C=N–C) groups is 1. The van der Waals surface area contributed by atoms with Crippen molar-refractivity contribution in [1.29, 1.82) is 0 Å². The van der Waals surface area contributed by atoms with Crippen LogP contribution in [-0.4, -0.2) is 21.6 Å². The predicted octanol–water partition coefficient (Wildman–Crippen LogP) is 5.54. The number of hydrogen-bond acceptors (Lipinski definition) is 5. The quantitative estimate of drug-likeness (QED) is 0.307. The van der Waals surface area contributed by atoms with Crippen LogP contribution >= 0.6 is 0 Å². The van der Waals surface area contributed by atoms with Gasteiger partial charge in [0.25, 0.3) is 0 Å². The minimum absolute atomic E-state index is 0. The summed E-state index contributed by atoms with van der Waals surface area (Å²) in [5.41, 5.74) is 0.353. The van der Waals surface area contributed by atoms with E-state index in [1.165, 1.54) is 0 Å². The summed E-state index contributed by atoms with van der Waals surface area (Å²) in [6, 6.07) is 24.7. The van der Waals surface area contributed by atoms with Crippen molar-refractivity contribution in [3.8, 4) is 17.4 Å². The van der Waals surface area contributed by atoms with Gasteiger partial charge in [0.05, 0.1) is 0 Å². The summed E-state index contributed by atoms with van der Waals surface area (Å²) < 4.78 is 29.9. The van der Waals surface area contributed by atoms with E-state index in [4.69, 9.17) is 17.2 Å². The SMILES string of the molecule is [2H]C1([2H])c2ccccc2[C@]2(C)N=C(c3[c-]c(Oc4ccc5cccc(O)c5n4)ccc3)O[C@]12C.[Pt]. The van der Waals surface area contributed by atoms with Gasteiger partial charge in [-0.2, -0.15) is 0 Å². The van der Waals surface area contributed by atoms with Gasteiger partial charge in [-0.1, -0.05) is 48.0 Å². The van der Waals surface area contributed by atoms with Gasteiger partial charge in [0.2, 0.25) is 5.88 Å². The van der Waals surface area contributed by atoms with Crippen LogP contribution in [0.2, 0.25) is 0 Å². The van der Waals surface area contributed by atoms with Gasteiger partial charge in [0.15, 0.2) is 0 Å². The number of phenolic OH excluding ortho intramolecular Hbond substituents is 1. The summed E-state index contributed by atoms with van der Waals surface area (Å²) in [5, 5.41) is 10.9. The zero-order chi connectivity index (χ0) is 23.7. The number of phenols is 1.